The summed E-state index contributed by atoms with van der Waals surface area (Å²) in [5, 5.41) is 3.19. The highest BCUT2D eigenvalue weighted by Crippen LogP contribution is 2.29. The highest BCUT2D eigenvalue weighted by atomic mass is 35.5. The topological polar surface area (TPSA) is 64.3 Å². The third kappa shape index (κ3) is 3.57. The van der Waals surface area contributed by atoms with Crippen molar-refractivity contribution in [1.82, 2.24) is 5.32 Å². The minimum Gasteiger partial charge on any atom is -0.381 e. The maximum absolute atomic E-state index is 12.1. The summed E-state index contributed by atoms with van der Waals surface area (Å²) in [5.74, 6) is 0.327. The molecule has 17 heavy (non-hydrogen) atoms. The molecular formula is C12H23ClN2O2. The Hall–Kier alpha value is -0.320. The maximum Gasteiger partial charge on any atom is 0.223 e. The molecule has 2 aliphatic rings. The molecule has 0 bridgehead atoms. The van der Waals surface area contributed by atoms with Crippen molar-refractivity contribution in [2.45, 2.75) is 44.1 Å². The average Bonchev–Trinajstić information content (AvgIpc) is 2.79. The van der Waals surface area contributed by atoms with Gasteiger partial charge in [-0.05, 0) is 25.7 Å². The molecule has 1 aliphatic heterocycles. The van der Waals surface area contributed by atoms with Gasteiger partial charge in [0.1, 0.15) is 0 Å². The molecule has 1 heterocycles. The summed E-state index contributed by atoms with van der Waals surface area (Å²) >= 11 is 0. The first kappa shape index (κ1) is 14.7. The Morgan fingerprint density at radius 1 is 1.29 bits per heavy atom. The number of nitrogens with one attached hydrogen (secondary N) is 1. The van der Waals surface area contributed by atoms with Crippen LogP contribution in [-0.4, -0.2) is 31.2 Å². The van der Waals surface area contributed by atoms with Gasteiger partial charge in [0, 0.05) is 25.7 Å². The average molecular weight is 263 g/mol. The van der Waals surface area contributed by atoms with E-state index >= 15 is 0 Å². The molecule has 0 aromatic rings. The second-order valence-electron chi connectivity index (χ2n) is 5.07. The first-order valence-corrected chi connectivity index (χ1v) is 6.36. The summed E-state index contributed by atoms with van der Waals surface area (Å²) in [6.07, 6.45) is 6.16. The van der Waals surface area contributed by atoms with E-state index in [1.807, 2.05) is 0 Å². The minimum atomic E-state index is -0.102. The number of carbonyl (C=O) groups excluding carboxylic acids is 1. The van der Waals surface area contributed by atoms with Crippen molar-refractivity contribution in [3.05, 3.63) is 0 Å². The summed E-state index contributed by atoms with van der Waals surface area (Å²) in [5.41, 5.74) is 5.71. The Morgan fingerprint density at radius 3 is 2.41 bits per heavy atom. The van der Waals surface area contributed by atoms with Crippen LogP contribution in [0.15, 0.2) is 0 Å². The molecule has 0 atom stereocenters. The highest BCUT2D eigenvalue weighted by molar-refractivity contribution is 5.85. The SMILES string of the molecule is Cl.NCC1(NC(=O)C2CCOCC2)CCCC1. The van der Waals surface area contributed by atoms with Gasteiger partial charge in [-0.15, -0.1) is 12.4 Å². The van der Waals surface area contributed by atoms with Gasteiger partial charge in [0.05, 0.1) is 5.54 Å². The first-order chi connectivity index (χ1) is 7.76. The van der Waals surface area contributed by atoms with Gasteiger partial charge in [-0.3, -0.25) is 4.79 Å². The van der Waals surface area contributed by atoms with Crippen molar-refractivity contribution in [1.29, 1.82) is 0 Å². The molecule has 1 aliphatic carbocycles. The fourth-order valence-corrected chi connectivity index (χ4v) is 2.76. The summed E-state index contributed by atoms with van der Waals surface area (Å²) in [7, 11) is 0. The Balaban J connectivity index is 0.00000144. The summed E-state index contributed by atoms with van der Waals surface area (Å²) in [6, 6.07) is 0. The van der Waals surface area contributed by atoms with Crippen molar-refractivity contribution < 1.29 is 9.53 Å². The number of nitrogens with two attached hydrogens (primary N) is 1. The van der Waals surface area contributed by atoms with E-state index in [2.05, 4.69) is 5.32 Å². The monoisotopic (exact) mass is 262 g/mol. The van der Waals surface area contributed by atoms with E-state index in [0.29, 0.717) is 19.8 Å². The van der Waals surface area contributed by atoms with Crippen molar-refractivity contribution in [2.24, 2.45) is 11.7 Å². The van der Waals surface area contributed by atoms with Crippen LogP contribution in [0.3, 0.4) is 0 Å². The van der Waals surface area contributed by atoms with Gasteiger partial charge >= 0.3 is 0 Å². The molecule has 5 heteroatoms. The lowest BCUT2D eigenvalue weighted by Crippen LogP contribution is -2.53. The van der Waals surface area contributed by atoms with Gasteiger partial charge in [-0.1, -0.05) is 12.8 Å². The summed E-state index contributed by atoms with van der Waals surface area (Å²) in [6.45, 7) is 2.00. The normalized spacial score (nSPS) is 24.1. The van der Waals surface area contributed by atoms with Crippen LogP contribution in [0, 0.1) is 5.92 Å². The molecule has 0 spiro atoms. The van der Waals surface area contributed by atoms with Gasteiger partial charge in [0.15, 0.2) is 0 Å². The van der Waals surface area contributed by atoms with Gasteiger partial charge in [0.25, 0.3) is 0 Å². The Kier molecular flexibility index (Phi) is 5.70. The van der Waals surface area contributed by atoms with E-state index in [0.717, 1.165) is 25.7 Å². The van der Waals surface area contributed by atoms with Crippen molar-refractivity contribution in [2.75, 3.05) is 19.8 Å². The predicted octanol–water partition coefficient (Wildman–Crippen LogP) is 1.22. The molecule has 1 amide bonds. The Labute approximate surface area is 109 Å². The summed E-state index contributed by atoms with van der Waals surface area (Å²) in [4.78, 5) is 12.1. The lowest BCUT2D eigenvalue weighted by atomic mass is 9.93. The quantitative estimate of drug-likeness (QED) is 0.804. The van der Waals surface area contributed by atoms with E-state index in [9.17, 15) is 4.79 Å². The van der Waals surface area contributed by atoms with Crippen LogP contribution in [0.5, 0.6) is 0 Å². The van der Waals surface area contributed by atoms with Gasteiger partial charge in [-0.2, -0.15) is 0 Å². The highest BCUT2D eigenvalue weighted by Gasteiger charge is 2.35. The lowest BCUT2D eigenvalue weighted by Gasteiger charge is -2.32. The van der Waals surface area contributed by atoms with E-state index in [1.54, 1.807) is 0 Å². The number of halogens is 1. The molecule has 4 nitrogen and oxygen atoms in total. The Morgan fingerprint density at radius 2 is 1.88 bits per heavy atom. The summed E-state index contributed by atoms with van der Waals surface area (Å²) < 4.78 is 5.27. The van der Waals surface area contributed by atoms with Gasteiger partial charge in [0.2, 0.25) is 5.91 Å². The second-order valence-corrected chi connectivity index (χ2v) is 5.07. The maximum atomic E-state index is 12.1. The molecule has 0 unspecified atom stereocenters. The molecule has 0 aromatic carbocycles. The molecule has 100 valence electrons. The van der Waals surface area contributed by atoms with Crippen molar-refractivity contribution in [3.8, 4) is 0 Å². The smallest absolute Gasteiger partial charge is 0.223 e. The van der Waals surface area contributed by atoms with Crippen LogP contribution in [0.2, 0.25) is 0 Å². The third-order valence-corrected chi connectivity index (χ3v) is 3.93. The molecule has 3 N–H and O–H groups in total. The standard InChI is InChI=1S/C12H22N2O2.ClH/c13-9-12(5-1-2-6-12)14-11(15)10-3-7-16-8-4-10;/h10H,1-9,13H2,(H,14,15);1H. The zero-order chi connectivity index (χ0) is 11.4. The van der Waals surface area contributed by atoms with Gasteiger partial charge < -0.3 is 15.8 Å². The fraction of sp³-hybridized carbons (Fsp3) is 0.917. The van der Waals surface area contributed by atoms with E-state index < -0.39 is 0 Å². The predicted molar refractivity (Wildman–Crippen MR) is 69.2 cm³/mol. The first-order valence-electron chi connectivity index (χ1n) is 6.36. The fourth-order valence-electron chi connectivity index (χ4n) is 2.76. The largest absolute Gasteiger partial charge is 0.381 e. The second kappa shape index (κ2) is 6.57. The number of carbonyl (C=O) groups is 1. The number of hydrogen-bond donors (Lipinski definition) is 2. The van der Waals surface area contributed by atoms with Crippen LogP contribution in [0.4, 0.5) is 0 Å². The van der Waals surface area contributed by atoms with Crippen LogP contribution in [0.1, 0.15) is 38.5 Å². The van der Waals surface area contributed by atoms with Crippen molar-refractivity contribution >= 4 is 18.3 Å². The number of amides is 1. The van der Waals surface area contributed by atoms with E-state index in [1.165, 1.54) is 12.8 Å². The molecule has 0 aromatic heterocycles. The third-order valence-electron chi connectivity index (χ3n) is 3.93. The molecule has 0 radical (unpaired) electrons. The number of ether oxygens (including phenoxy) is 1. The lowest BCUT2D eigenvalue weighted by molar-refractivity contribution is -0.129. The minimum absolute atomic E-state index is 0. The van der Waals surface area contributed by atoms with Crippen molar-refractivity contribution in [3.63, 3.8) is 0 Å². The van der Waals surface area contributed by atoms with Crippen LogP contribution >= 0.6 is 12.4 Å². The molecular weight excluding hydrogens is 240 g/mol. The van der Waals surface area contributed by atoms with Crippen LogP contribution in [-0.2, 0) is 9.53 Å². The zero-order valence-electron chi connectivity index (χ0n) is 10.2. The van der Waals surface area contributed by atoms with Gasteiger partial charge in [-0.25, -0.2) is 0 Å². The van der Waals surface area contributed by atoms with Crippen LogP contribution < -0.4 is 11.1 Å². The number of hydrogen-bond acceptors (Lipinski definition) is 3. The zero-order valence-corrected chi connectivity index (χ0v) is 11.1. The molecule has 2 rings (SSSR count). The molecule has 1 saturated carbocycles. The Bertz CT molecular complexity index is 249. The molecule has 2 fully saturated rings. The van der Waals surface area contributed by atoms with E-state index in [4.69, 9.17) is 10.5 Å². The molecule has 1 saturated heterocycles. The number of rotatable bonds is 3. The van der Waals surface area contributed by atoms with E-state index in [-0.39, 0.29) is 29.8 Å². The van der Waals surface area contributed by atoms with Crippen LogP contribution in [0.25, 0.3) is 0 Å².